The van der Waals surface area contributed by atoms with Gasteiger partial charge in [-0.15, -0.1) is 0 Å². The highest BCUT2D eigenvalue weighted by atomic mass is 16.5. The second-order valence-electron chi connectivity index (χ2n) is 9.58. The van der Waals surface area contributed by atoms with Crippen LogP contribution in [-0.2, 0) is 0 Å². The van der Waals surface area contributed by atoms with Crippen LogP contribution in [-0.4, -0.2) is 51.0 Å². The minimum absolute atomic E-state index is 0.0341. The van der Waals surface area contributed by atoms with Gasteiger partial charge in [0.25, 0.3) is 11.5 Å². The number of fused-ring (bicyclic) bond motifs is 1. The van der Waals surface area contributed by atoms with E-state index in [4.69, 9.17) is 10.5 Å². The Morgan fingerprint density at radius 3 is 2.61 bits per heavy atom. The zero-order valence-corrected chi connectivity index (χ0v) is 23.3. The number of methoxy groups -OCH3 is 1. The van der Waals surface area contributed by atoms with Crippen molar-refractivity contribution < 1.29 is 9.53 Å². The molecule has 5 rings (SSSR count). The topological polar surface area (TPSA) is 128 Å². The van der Waals surface area contributed by atoms with E-state index in [2.05, 4.69) is 20.3 Å². The van der Waals surface area contributed by atoms with E-state index in [1.54, 1.807) is 29.8 Å². The Bertz CT molecular complexity index is 1790. The van der Waals surface area contributed by atoms with E-state index in [1.165, 1.54) is 6.20 Å². The van der Waals surface area contributed by atoms with Crippen LogP contribution in [0, 0.1) is 0 Å². The third-order valence-electron chi connectivity index (χ3n) is 7.00. The second-order valence-corrected chi connectivity index (χ2v) is 9.58. The van der Waals surface area contributed by atoms with E-state index in [9.17, 15) is 9.59 Å². The molecule has 0 aliphatic carbocycles. The predicted molar refractivity (Wildman–Crippen MR) is 160 cm³/mol. The van der Waals surface area contributed by atoms with Crippen LogP contribution in [0.5, 0.6) is 5.88 Å². The summed E-state index contributed by atoms with van der Waals surface area (Å²) in [7, 11) is 3.26. The summed E-state index contributed by atoms with van der Waals surface area (Å²) in [5.41, 5.74) is 8.98. The van der Waals surface area contributed by atoms with Crippen molar-refractivity contribution in [3.63, 3.8) is 0 Å². The van der Waals surface area contributed by atoms with Gasteiger partial charge in [-0.25, -0.2) is 9.97 Å². The predicted octanol–water partition coefficient (Wildman–Crippen LogP) is 4.70. The summed E-state index contributed by atoms with van der Waals surface area (Å²) in [6.45, 7) is 4.31. The Hall–Kier alpha value is -5.25. The number of carbonyl (C=O) groups excluding carboxylic acids is 1. The van der Waals surface area contributed by atoms with Gasteiger partial charge in [-0.2, -0.15) is 4.98 Å². The third kappa shape index (κ3) is 5.31. The number of benzene rings is 2. The zero-order valence-electron chi connectivity index (χ0n) is 23.3. The van der Waals surface area contributed by atoms with Gasteiger partial charge in [0, 0.05) is 43.4 Å². The molecule has 10 nitrogen and oxygen atoms in total. The van der Waals surface area contributed by atoms with Crippen molar-refractivity contribution in [1.82, 2.24) is 24.4 Å². The molecule has 0 saturated carbocycles. The van der Waals surface area contributed by atoms with Gasteiger partial charge in [-0.05, 0) is 54.6 Å². The van der Waals surface area contributed by atoms with Crippen LogP contribution < -0.4 is 21.3 Å². The highest BCUT2D eigenvalue weighted by Gasteiger charge is 2.23. The number of pyridine rings is 2. The molecule has 0 spiro atoms. The van der Waals surface area contributed by atoms with Gasteiger partial charge < -0.3 is 20.7 Å². The number of ether oxygens (including phenoxy) is 1. The molecule has 2 aromatic carbocycles. The molecule has 0 radical (unpaired) electrons. The number of nitrogens with zero attached hydrogens (tertiary/aromatic N) is 5. The van der Waals surface area contributed by atoms with Crippen molar-refractivity contribution in [2.75, 3.05) is 31.8 Å². The fraction of sp³-hybridized carbons (Fsp3) is 0.194. The minimum Gasteiger partial charge on any atom is -0.481 e. The lowest BCUT2D eigenvalue weighted by molar-refractivity contribution is 0.0802. The number of aromatic nitrogens is 4. The van der Waals surface area contributed by atoms with Crippen LogP contribution in [0.15, 0.2) is 83.9 Å². The molecule has 208 valence electrons. The average Bonchev–Trinajstić information content (AvgIpc) is 3.00. The maximum atomic E-state index is 14.4. The largest absolute Gasteiger partial charge is 0.481 e. The smallest absolute Gasteiger partial charge is 0.263 e. The van der Waals surface area contributed by atoms with Crippen LogP contribution in [0.1, 0.15) is 35.9 Å². The average molecular weight is 550 g/mol. The molecule has 0 saturated heterocycles. The number of carbonyl (C=O) groups is 1. The molecule has 5 aromatic rings. The molecule has 10 heteroatoms. The van der Waals surface area contributed by atoms with Crippen LogP contribution in [0.25, 0.3) is 27.6 Å². The Balaban J connectivity index is 1.70. The van der Waals surface area contributed by atoms with Gasteiger partial charge in [0.1, 0.15) is 11.4 Å². The Labute approximate surface area is 237 Å². The van der Waals surface area contributed by atoms with Crippen molar-refractivity contribution in [2.24, 2.45) is 0 Å². The number of rotatable bonds is 8. The van der Waals surface area contributed by atoms with Gasteiger partial charge in [0.2, 0.25) is 11.8 Å². The molecule has 0 fully saturated rings. The first-order valence-corrected chi connectivity index (χ1v) is 13.2. The summed E-state index contributed by atoms with van der Waals surface area (Å²) < 4.78 is 7.01. The summed E-state index contributed by atoms with van der Waals surface area (Å²) in [5.74, 6) is 0.547. The summed E-state index contributed by atoms with van der Waals surface area (Å²) in [5, 5.41) is 4.66. The Morgan fingerprint density at radius 2 is 1.88 bits per heavy atom. The second kappa shape index (κ2) is 11.5. The fourth-order valence-electron chi connectivity index (χ4n) is 4.76. The third-order valence-corrected chi connectivity index (χ3v) is 7.00. The van der Waals surface area contributed by atoms with E-state index >= 15 is 0 Å². The number of amides is 1. The van der Waals surface area contributed by atoms with Gasteiger partial charge in [0.05, 0.1) is 18.5 Å². The van der Waals surface area contributed by atoms with Gasteiger partial charge in [0.15, 0.2) is 0 Å². The van der Waals surface area contributed by atoms with Crippen molar-refractivity contribution in [3.8, 4) is 22.7 Å². The summed E-state index contributed by atoms with van der Waals surface area (Å²) in [4.78, 5) is 41.6. The van der Waals surface area contributed by atoms with Crippen LogP contribution in [0.3, 0.4) is 0 Å². The minimum atomic E-state index is -0.454. The van der Waals surface area contributed by atoms with E-state index in [0.717, 1.165) is 16.5 Å². The van der Waals surface area contributed by atoms with E-state index < -0.39 is 6.04 Å². The number of nitrogen functional groups attached to an aromatic ring is 1. The van der Waals surface area contributed by atoms with E-state index in [-0.39, 0.29) is 17.4 Å². The van der Waals surface area contributed by atoms with Gasteiger partial charge >= 0.3 is 0 Å². The molecule has 0 aliphatic heterocycles. The maximum Gasteiger partial charge on any atom is 0.263 e. The molecule has 3 heterocycles. The van der Waals surface area contributed by atoms with Crippen molar-refractivity contribution in [2.45, 2.75) is 19.9 Å². The molecule has 1 atom stereocenters. The first-order chi connectivity index (χ1) is 19.8. The first kappa shape index (κ1) is 27.3. The molecule has 1 amide bonds. The summed E-state index contributed by atoms with van der Waals surface area (Å²) in [6, 6.07) is 20.4. The number of nitrogens with one attached hydrogen (secondary N) is 1. The highest BCUT2D eigenvalue weighted by molar-refractivity contribution is 5.99. The lowest BCUT2D eigenvalue weighted by Crippen LogP contribution is -2.29. The Morgan fingerprint density at radius 1 is 1.10 bits per heavy atom. The quantitative estimate of drug-likeness (QED) is 0.285. The number of anilines is 2. The van der Waals surface area contributed by atoms with Crippen molar-refractivity contribution in [3.05, 3.63) is 101 Å². The van der Waals surface area contributed by atoms with Crippen molar-refractivity contribution in [1.29, 1.82) is 0 Å². The normalized spacial score (nSPS) is 11.7. The van der Waals surface area contributed by atoms with Gasteiger partial charge in [-0.1, -0.05) is 36.4 Å². The van der Waals surface area contributed by atoms with E-state index in [0.29, 0.717) is 40.6 Å². The Kier molecular flexibility index (Phi) is 7.64. The molecule has 41 heavy (non-hydrogen) atoms. The van der Waals surface area contributed by atoms with Crippen LogP contribution >= 0.6 is 0 Å². The number of hydrogen-bond donors (Lipinski definition) is 2. The lowest BCUT2D eigenvalue weighted by atomic mass is 9.98. The molecule has 3 aromatic heterocycles. The summed E-state index contributed by atoms with van der Waals surface area (Å²) in [6.07, 6.45) is 3.08. The maximum absolute atomic E-state index is 14.4. The molecule has 0 aliphatic rings. The highest BCUT2D eigenvalue weighted by Crippen LogP contribution is 2.31. The van der Waals surface area contributed by atoms with Crippen LogP contribution in [0.4, 0.5) is 11.8 Å². The molecule has 0 unspecified atom stereocenters. The molecule has 3 N–H and O–H groups in total. The molecule has 0 bridgehead atoms. The first-order valence-electron chi connectivity index (χ1n) is 13.2. The standard InChI is InChI=1S/C31H31N7O3/c1-5-37(3)29(39)24-18-34-31(32)36-28(24)35-19(2)25-16-21-10-9-13-23(20-14-15-33-26(17-20)41-4)27(21)30(40)38(25)22-11-7-6-8-12-22/h6-19H,5H2,1-4H3,(H3,32,34,35,36)/t19-/m0/s1. The lowest BCUT2D eigenvalue weighted by Gasteiger charge is -2.23. The zero-order chi connectivity index (χ0) is 29.1. The molecular formula is C31H31N7O3. The number of para-hydroxylation sites is 1. The van der Waals surface area contributed by atoms with Gasteiger partial charge in [-0.3, -0.25) is 14.2 Å². The monoisotopic (exact) mass is 549 g/mol. The van der Waals surface area contributed by atoms with E-state index in [1.807, 2.05) is 80.6 Å². The van der Waals surface area contributed by atoms with Crippen molar-refractivity contribution >= 4 is 28.4 Å². The fourth-order valence-corrected chi connectivity index (χ4v) is 4.76. The summed E-state index contributed by atoms with van der Waals surface area (Å²) >= 11 is 0. The number of nitrogens with two attached hydrogens (primary N) is 1. The van der Waals surface area contributed by atoms with Crippen LogP contribution in [0.2, 0.25) is 0 Å². The SMILES string of the molecule is CCN(C)C(=O)c1cnc(N)nc1N[C@@H](C)c1cc2cccc(-c3ccnc(OC)c3)c2c(=O)n1-c1ccccc1. The molecular weight excluding hydrogens is 518 g/mol. The number of hydrogen-bond acceptors (Lipinski definition) is 8.